The maximum Gasteiger partial charge on any atom is 0.319 e. The topological polar surface area (TPSA) is 106 Å². The number of carbonyl (C=O) groups excluding carboxylic acids is 3. The highest BCUT2D eigenvalue weighted by atomic mass is 35.5. The first-order valence-electron chi connectivity index (χ1n) is 12.2. The minimum absolute atomic E-state index is 0.125. The molecule has 4 amide bonds. The van der Waals surface area contributed by atoms with Gasteiger partial charge < -0.3 is 25.8 Å². The second-order valence-corrected chi connectivity index (χ2v) is 9.43. The molecule has 0 aliphatic carbocycles. The number of aliphatic imine (C=N–C) groups is 1. The Kier molecular flexibility index (Phi) is 8.43. The van der Waals surface area contributed by atoms with Crippen LogP contribution in [0.5, 0.6) is 0 Å². The van der Waals surface area contributed by atoms with Crippen molar-refractivity contribution in [2.75, 3.05) is 43.9 Å². The highest BCUT2D eigenvalue weighted by molar-refractivity contribution is 6.30. The molecule has 2 aliphatic heterocycles. The number of likely N-dealkylation sites (N-methyl/N-ethyl adjacent to an activating group) is 1. The number of benzene rings is 2. The first-order chi connectivity index (χ1) is 17.4. The van der Waals surface area contributed by atoms with Crippen molar-refractivity contribution in [3.63, 3.8) is 0 Å². The molecular formula is C26H31ClN6O3. The summed E-state index contributed by atoms with van der Waals surface area (Å²) < 4.78 is 0. The molecule has 1 saturated heterocycles. The van der Waals surface area contributed by atoms with E-state index in [0.717, 1.165) is 43.8 Å². The first-order valence-corrected chi connectivity index (χ1v) is 12.5. The standard InChI is InChI=1S/C26H31ClN6O3/c1-32-16-13-28-24(32)18-5-9-20(10-6-18)29-25(35)22(17-23(34)33-14-3-2-4-15-33)31-26(36)30-21-11-7-19(27)8-12-21/h5-12,22H,2-4,13-17H2,1H3,(H,29,35)(H2,30,31,36). The third-order valence-electron chi connectivity index (χ3n) is 6.28. The lowest BCUT2D eigenvalue weighted by molar-refractivity contribution is -0.134. The Morgan fingerprint density at radius 2 is 1.56 bits per heavy atom. The van der Waals surface area contributed by atoms with E-state index in [0.29, 0.717) is 29.5 Å². The largest absolute Gasteiger partial charge is 0.358 e. The number of hydrogen-bond donors (Lipinski definition) is 3. The van der Waals surface area contributed by atoms with Gasteiger partial charge in [-0.15, -0.1) is 0 Å². The Morgan fingerprint density at radius 3 is 2.19 bits per heavy atom. The maximum absolute atomic E-state index is 13.2. The van der Waals surface area contributed by atoms with Crippen LogP contribution in [0.3, 0.4) is 0 Å². The molecule has 0 spiro atoms. The number of urea groups is 1. The highest BCUT2D eigenvalue weighted by Gasteiger charge is 2.27. The monoisotopic (exact) mass is 510 g/mol. The zero-order chi connectivity index (χ0) is 25.5. The Morgan fingerprint density at radius 1 is 0.917 bits per heavy atom. The first kappa shape index (κ1) is 25.5. The summed E-state index contributed by atoms with van der Waals surface area (Å²) in [4.78, 5) is 47.1. The molecule has 1 atom stereocenters. The third-order valence-corrected chi connectivity index (χ3v) is 6.53. The van der Waals surface area contributed by atoms with E-state index in [1.807, 2.05) is 19.2 Å². The zero-order valence-corrected chi connectivity index (χ0v) is 21.1. The molecule has 0 aromatic heterocycles. The van der Waals surface area contributed by atoms with Crippen LogP contribution in [0.15, 0.2) is 53.5 Å². The Labute approximate surface area is 215 Å². The van der Waals surface area contributed by atoms with Crippen LogP contribution < -0.4 is 16.0 Å². The lowest BCUT2D eigenvalue weighted by Gasteiger charge is -2.28. The van der Waals surface area contributed by atoms with Crippen molar-refractivity contribution in [2.45, 2.75) is 31.7 Å². The van der Waals surface area contributed by atoms with Gasteiger partial charge in [0.2, 0.25) is 11.8 Å². The molecular weight excluding hydrogens is 480 g/mol. The smallest absolute Gasteiger partial charge is 0.319 e. The van der Waals surface area contributed by atoms with Crippen LogP contribution in [0.4, 0.5) is 16.2 Å². The molecule has 10 heteroatoms. The fourth-order valence-electron chi connectivity index (χ4n) is 4.29. The van der Waals surface area contributed by atoms with Gasteiger partial charge in [0, 0.05) is 48.6 Å². The average Bonchev–Trinajstić information content (AvgIpc) is 3.31. The van der Waals surface area contributed by atoms with Crippen LogP contribution in [-0.4, -0.2) is 72.7 Å². The molecule has 0 radical (unpaired) electrons. The second kappa shape index (κ2) is 11.9. The molecule has 3 N–H and O–H groups in total. The molecule has 2 aromatic rings. The van der Waals surface area contributed by atoms with Gasteiger partial charge in [0.1, 0.15) is 11.9 Å². The molecule has 1 unspecified atom stereocenters. The van der Waals surface area contributed by atoms with E-state index in [9.17, 15) is 14.4 Å². The van der Waals surface area contributed by atoms with Crippen LogP contribution in [0.25, 0.3) is 0 Å². The second-order valence-electron chi connectivity index (χ2n) is 9.00. The van der Waals surface area contributed by atoms with Gasteiger partial charge in [-0.05, 0) is 67.8 Å². The third kappa shape index (κ3) is 6.75. The van der Waals surface area contributed by atoms with Gasteiger partial charge in [-0.25, -0.2) is 4.79 Å². The number of anilines is 2. The summed E-state index contributed by atoms with van der Waals surface area (Å²) in [6.45, 7) is 2.99. The number of amides is 4. The van der Waals surface area contributed by atoms with E-state index in [4.69, 9.17) is 11.6 Å². The summed E-state index contributed by atoms with van der Waals surface area (Å²) >= 11 is 5.90. The van der Waals surface area contributed by atoms with Crippen LogP contribution in [0.1, 0.15) is 31.2 Å². The van der Waals surface area contributed by atoms with Gasteiger partial charge in [-0.3, -0.25) is 14.6 Å². The molecule has 1 fully saturated rings. The minimum Gasteiger partial charge on any atom is -0.358 e. The quantitative estimate of drug-likeness (QED) is 0.529. The van der Waals surface area contributed by atoms with Crippen LogP contribution in [-0.2, 0) is 9.59 Å². The number of piperidine rings is 1. The van der Waals surface area contributed by atoms with Gasteiger partial charge >= 0.3 is 6.03 Å². The van der Waals surface area contributed by atoms with Crippen molar-refractivity contribution >= 4 is 46.7 Å². The molecule has 4 rings (SSSR count). The normalized spacial score (nSPS) is 16.2. The molecule has 0 bridgehead atoms. The predicted octanol–water partition coefficient (Wildman–Crippen LogP) is 3.56. The number of hydrogen-bond acceptors (Lipinski definition) is 5. The van der Waals surface area contributed by atoms with Gasteiger partial charge in [-0.2, -0.15) is 0 Å². The number of halogens is 1. The van der Waals surface area contributed by atoms with Crippen molar-refractivity contribution in [2.24, 2.45) is 4.99 Å². The van der Waals surface area contributed by atoms with E-state index in [2.05, 4.69) is 25.8 Å². The number of amidine groups is 1. The van der Waals surface area contributed by atoms with E-state index >= 15 is 0 Å². The summed E-state index contributed by atoms with van der Waals surface area (Å²) in [7, 11) is 1.99. The average molecular weight is 511 g/mol. The van der Waals surface area contributed by atoms with E-state index < -0.39 is 18.0 Å². The number of nitrogens with one attached hydrogen (secondary N) is 3. The van der Waals surface area contributed by atoms with E-state index in [1.165, 1.54) is 0 Å². The number of carbonyl (C=O) groups is 3. The number of likely N-dealkylation sites (tertiary alicyclic amines) is 1. The number of rotatable bonds is 7. The van der Waals surface area contributed by atoms with Crippen molar-refractivity contribution in [3.8, 4) is 0 Å². The van der Waals surface area contributed by atoms with E-state index in [1.54, 1.807) is 41.3 Å². The van der Waals surface area contributed by atoms with Gasteiger partial charge in [0.05, 0.1) is 13.0 Å². The Hall–Kier alpha value is -3.59. The molecule has 190 valence electrons. The molecule has 2 aromatic carbocycles. The Bertz CT molecular complexity index is 1110. The van der Waals surface area contributed by atoms with Crippen molar-refractivity contribution < 1.29 is 14.4 Å². The van der Waals surface area contributed by atoms with E-state index in [-0.39, 0.29) is 12.3 Å². The number of nitrogens with zero attached hydrogens (tertiary/aromatic N) is 3. The van der Waals surface area contributed by atoms with Gasteiger partial charge in [0.25, 0.3) is 0 Å². The summed E-state index contributed by atoms with van der Waals surface area (Å²) in [5.74, 6) is 0.299. The summed E-state index contributed by atoms with van der Waals surface area (Å²) in [5.41, 5.74) is 2.06. The summed E-state index contributed by atoms with van der Waals surface area (Å²) in [6, 6.07) is 12.4. The predicted molar refractivity (Wildman–Crippen MR) is 142 cm³/mol. The SMILES string of the molecule is CN1CCN=C1c1ccc(NC(=O)C(CC(=O)N2CCCCC2)NC(=O)Nc2ccc(Cl)cc2)cc1. The van der Waals surface area contributed by atoms with Crippen LogP contribution in [0.2, 0.25) is 5.02 Å². The zero-order valence-electron chi connectivity index (χ0n) is 20.3. The van der Waals surface area contributed by atoms with Crippen molar-refractivity contribution in [1.29, 1.82) is 0 Å². The molecule has 2 aliphatic rings. The Balaban J connectivity index is 1.43. The van der Waals surface area contributed by atoms with Gasteiger partial charge in [0.15, 0.2) is 0 Å². The van der Waals surface area contributed by atoms with Crippen molar-refractivity contribution in [1.82, 2.24) is 15.1 Å². The molecule has 9 nitrogen and oxygen atoms in total. The molecule has 2 heterocycles. The van der Waals surface area contributed by atoms with Gasteiger partial charge in [-0.1, -0.05) is 11.6 Å². The maximum atomic E-state index is 13.2. The molecule has 0 saturated carbocycles. The summed E-state index contributed by atoms with van der Waals surface area (Å²) in [5, 5.41) is 8.72. The molecule has 36 heavy (non-hydrogen) atoms. The van der Waals surface area contributed by atoms with Crippen LogP contribution in [0, 0.1) is 0 Å². The minimum atomic E-state index is -1.04. The van der Waals surface area contributed by atoms with Crippen LogP contribution >= 0.6 is 11.6 Å². The highest BCUT2D eigenvalue weighted by Crippen LogP contribution is 2.17. The lowest BCUT2D eigenvalue weighted by atomic mass is 10.1. The fraction of sp³-hybridized carbons (Fsp3) is 0.385. The fourth-order valence-corrected chi connectivity index (χ4v) is 4.42. The van der Waals surface area contributed by atoms with Crippen molar-refractivity contribution in [3.05, 3.63) is 59.1 Å². The lowest BCUT2D eigenvalue weighted by Crippen LogP contribution is -2.49. The summed E-state index contributed by atoms with van der Waals surface area (Å²) in [6.07, 6.45) is 2.85.